The van der Waals surface area contributed by atoms with Gasteiger partial charge in [-0.25, -0.2) is 0 Å². The lowest BCUT2D eigenvalue weighted by molar-refractivity contribution is 0.357. The molecular weight excluding hydrogens is 291 g/mol. The molecule has 0 bridgehead atoms. The van der Waals surface area contributed by atoms with E-state index < -0.39 is 5.77 Å². The molecule has 104 valence electrons. The van der Waals surface area contributed by atoms with Gasteiger partial charge in [0.15, 0.2) is 0 Å². The molecule has 0 aliphatic carbocycles. The summed E-state index contributed by atoms with van der Waals surface area (Å²) >= 11 is 5.02. The molecule has 1 unspecified atom stereocenters. The van der Waals surface area contributed by atoms with Crippen molar-refractivity contribution in [2.75, 3.05) is 29.6 Å². The Morgan fingerprint density at radius 2 is 1.59 bits per heavy atom. The van der Waals surface area contributed by atoms with Gasteiger partial charge in [0.2, 0.25) is 0 Å². The van der Waals surface area contributed by atoms with Gasteiger partial charge in [0, 0.05) is 11.5 Å². The zero-order chi connectivity index (χ0) is 13.0. The number of hydrogen-bond donors (Lipinski definition) is 0. The van der Waals surface area contributed by atoms with E-state index >= 15 is 0 Å². The Labute approximate surface area is 119 Å². The van der Waals surface area contributed by atoms with E-state index in [4.69, 9.17) is 4.52 Å². The molecule has 0 N–H and O–H groups in total. The minimum Gasteiger partial charge on any atom is -0.314 e. The van der Waals surface area contributed by atoms with Crippen LogP contribution in [0, 0.1) is 0 Å². The summed E-state index contributed by atoms with van der Waals surface area (Å²) in [6.07, 6.45) is 3.41. The van der Waals surface area contributed by atoms with E-state index in [1.807, 2.05) is 18.7 Å². The van der Waals surface area contributed by atoms with E-state index in [0.717, 1.165) is 24.3 Å². The average Bonchev–Trinajstić information content (AvgIpc) is 2.32. The van der Waals surface area contributed by atoms with E-state index in [1.54, 1.807) is 0 Å². The maximum absolute atomic E-state index is 12.4. The molecule has 0 aromatic heterocycles. The summed E-state index contributed by atoms with van der Waals surface area (Å²) in [4.78, 5) is 0. The van der Waals surface area contributed by atoms with Crippen LogP contribution in [0.15, 0.2) is 0 Å². The highest BCUT2D eigenvalue weighted by Crippen LogP contribution is 2.69. The van der Waals surface area contributed by atoms with Gasteiger partial charge >= 0.3 is 5.77 Å². The molecule has 0 spiro atoms. The maximum Gasteiger partial charge on any atom is 0.313 e. The molecular formula is C11H25O2PS3. The summed E-state index contributed by atoms with van der Waals surface area (Å²) in [6, 6.07) is 0. The van der Waals surface area contributed by atoms with Crippen molar-refractivity contribution in [1.82, 2.24) is 0 Å². The molecule has 0 heterocycles. The van der Waals surface area contributed by atoms with Crippen molar-refractivity contribution in [1.29, 1.82) is 0 Å². The van der Waals surface area contributed by atoms with Gasteiger partial charge in [0.05, 0.1) is 6.61 Å². The SMILES string of the molecule is CCCSCCCSP(=O)(OCC)SCCC. The molecule has 0 saturated heterocycles. The maximum atomic E-state index is 12.4. The van der Waals surface area contributed by atoms with Crippen LogP contribution >= 0.6 is 40.3 Å². The third-order valence-electron chi connectivity index (χ3n) is 1.77. The molecule has 0 aromatic carbocycles. The second-order valence-electron chi connectivity index (χ2n) is 3.50. The van der Waals surface area contributed by atoms with Gasteiger partial charge in [-0.2, -0.15) is 11.8 Å². The summed E-state index contributed by atoms with van der Waals surface area (Å²) in [5.41, 5.74) is 0. The van der Waals surface area contributed by atoms with Crippen LogP contribution in [-0.4, -0.2) is 29.6 Å². The number of thioether (sulfide) groups is 1. The lowest BCUT2D eigenvalue weighted by atomic mass is 10.6. The number of hydrogen-bond acceptors (Lipinski definition) is 5. The minimum absolute atomic E-state index is 0.547. The standard InChI is InChI=1S/C11H25O2PS3/c1-4-8-15-10-7-11-17-14(12,13-6-3)16-9-5-2/h4-11H2,1-3H3. The van der Waals surface area contributed by atoms with Crippen LogP contribution in [0.25, 0.3) is 0 Å². The van der Waals surface area contributed by atoms with Gasteiger partial charge in [-0.3, -0.25) is 4.57 Å². The van der Waals surface area contributed by atoms with Crippen LogP contribution in [0.1, 0.15) is 40.0 Å². The van der Waals surface area contributed by atoms with Crippen molar-refractivity contribution in [3.63, 3.8) is 0 Å². The molecule has 0 aromatic rings. The molecule has 0 saturated carbocycles. The second-order valence-corrected chi connectivity index (χ2v) is 12.3. The summed E-state index contributed by atoms with van der Waals surface area (Å²) in [7, 11) is 0. The van der Waals surface area contributed by atoms with Crippen molar-refractivity contribution >= 4 is 40.3 Å². The van der Waals surface area contributed by atoms with Gasteiger partial charge in [-0.15, -0.1) is 0 Å². The Balaban J connectivity index is 3.72. The first-order chi connectivity index (χ1) is 8.18. The third-order valence-corrected chi connectivity index (χ3v) is 10.8. The largest absolute Gasteiger partial charge is 0.314 e. The van der Waals surface area contributed by atoms with Gasteiger partial charge in [-0.05, 0) is 37.7 Å². The quantitative estimate of drug-likeness (QED) is 0.348. The molecule has 0 aliphatic rings. The van der Waals surface area contributed by atoms with Crippen LogP contribution < -0.4 is 0 Å². The summed E-state index contributed by atoms with van der Waals surface area (Å²) < 4.78 is 17.8. The highest BCUT2D eigenvalue weighted by Gasteiger charge is 2.23. The van der Waals surface area contributed by atoms with Crippen molar-refractivity contribution in [3.05, 3.63) is 0 Å². The van der Waals surface area contributed by atoms with Gasteiger partial charge < -0.3 is 4.52 Å². The van der Waals surface area contributed by atoms with Crippen LogP contribution in [0.5, 0.6) is 0 Å². The molecule has 0 rings (SSSR count). The average molecular weight is 316 g/mol. The third kappa shape index (κ3) is 10.8. The highest BCUT2D eigenvalue weighted by atomic mass is 33.1. The van der Waals surface area contributed by atoms with Crippen LogP contribution in [0.2, 0.25) is 0 Å². The zero-order valence-electron chi connectivity index (χ0n) is 11.1. The summed E-state index contributed by atoms with van der Waals surface area (Å²) in [5, 5.41) is 0. The minimum atomic E-state index is -2.47. The second kappa shape index (κ2) is 12.3. The predicted molar refractivity (Wildman–Crippen MR) is 86.7 cm³/mol. The smallest absolute Gasteiger partial charge is 0.313 e. The fourth-order valence-corrected chi connectivity index (χ4v) is 9.12. The van der Waals surface area contributed by atoms with Crippen LogP contribution in [-0.2, 0) is 9.09 Å². The van der Waals surface area contributed by atoms with Crippen molar-refractivity contribution < 1.29 is 9.09 Å². The lowest BCUT2D eigenvalue weighted by Gasteiger charge is -2.15. The molecule has 2 nitrogen and oxygen atoms in total. The molecule has 0 aliphatic heterocycles. The Morgan fingerprint density at radius 3 is 2.18 bits per heavy atom. The summed E-state index contributed by atoms with van der Waals surface area (Å²) in [5.74, 6) is 1.81. The Kier molecular flexibility index (Phi) is 13.2. The van der Waals surface area contributed by atoms with E-state index in [9.17, 15) is 4.57 Å². The first-order valence-electron chi connectivity index (χ1n) is 6.29. The molecule has 0 radical (unpaired) electrons. The summed E-state index contributed by atoms with van der Waals surface area (Å²) in [6.45, 7) is 6.77. The van der Waals surface area contributed by atoms with Crippen molar-refractivity contribution in [2.45, 2.75) is 40.0 Å². The first-order valence-corrected chi connectivity index (χ1v) is 12.3. The molecule has 6 heteroatoms. The van der Waals surface area contributed by atoms with E-state index in [2.05, 4.69) is 13.8 Å². The van der Waals surface area contributed by atoms with E-state index in [1.165, 1.54) is 40.7 Å². The van der Waals surface area contributed by atoms with Gasteiger partial charge in [0.1, 0.15) is 0 Å². The molecule has 17 heavy (non-hydrogen) atoms. The monoisotopic (exact) mass is 316 g/mol. The predicted octanol–water partition coefficient (Wildman–Crippen LogP) is 5.54. The van der Waals surface area contributed by atoms with Crippen LogP contribution in [0.3, 0.4) is 0 Å². The number of rotatable bonds is 12. The Morgan fingerprint density at radius 1 is 0.941 bits per heavy atom. The topological polar surface area (TPSA) is 26.3 Å². The van der Waals surface area contributed by atoms with Crippen LogP contribution in [0.4, 0.5) is 0 Å². The molecule has 0 fully saturated rings. The normalized spacial score (nSPS) is 14.8. The lowest BCUT2D eigenvalue weighted by Crippen LogP contribution is -1.89. The van der Waals surface area contributed by atoms with E-state index in [-0.39, 0.29) is 0 Å². The molecule has 0 amide bonds. The fraction of sp³-hybridized carbons (Fsp3) is 1.00. The van der Waals surface area contributed by atoms with Crippen molar-refractivity contribution in [3.8, 4) is 0 Å². The highest BCUT2D eigenvalue weighted by molar-refractivity contribution is 8.89. The zero-order valence-corrected chi connectivity index (χ0v) is 14.5. The fourth-order valence-electron chi connectivity index (χ4n) is 1.06. The molecule has 1 atom stereocenters. The van der Waals surface area contributed by atoms with Crippen molar-refractivity contribution in [2.24, 2.45) is 0 Å². The Bertz CT molecular complexity index is 215. The Hall–Kier alpha value is 1.24. The van der Waals surface area contributed by atoms with E-state index in [0.29, 0.717) is 6.61 Å². The van der Waals surface area contributed by atoms with Gasteiger partial charge in [-0.1, -0.05) is 36.6 Å². The van der Waals surface area contributed by atoms with Gasteiger partial charge in [0.25, 0.3) is 0 Å². The first kappa shape index (κ1) is 18.2.